The zero-order chi connectivity index (χ0) is 17.0. The summed E-state index contributed by atoms with van der Waals surface area (Å²) in [6.45, 7) is 5.21. The molecule has 0 aliphatic heterocycles. The van der Waals surface area contributed by atoms with Crippen LogP contribution in [0.5, 0.6) is 0 Å². The summed E-state index contributed by atoms with van der Waals surface area (Å²) in [5.41, 5.74) is 1.76. The molecular weight excluding hydrogens is 318 g/mol. The fourth-order valence-electron chi connectivity index (χ4n) is 2.02. The minimum absolute atomic E-state index is 0.172. The van der Waals surface area contributed by atoms with E-state index in [1.807, 2.05) is 19.1 Å². The summed E-state index contributed by atoms with van der Waals surface area (Å²) in [4.78, 5) is 23.0. The molecule has 0 aliphatic carbocycles. The van der Waals surface area contributed by atoms with Gasteiger partial charge in [0.25, 0.3) is 0 Å². The van der Waals surface area contributed by atoms with E-state index in [9.17, 15) is 9.59 Å². The van der Waals surface area contributed by atoms with Gasteiger partial charge in [0.2, 0.25) is 5.91 Å². The Hall–Kier alpha value is -2.34. The molecule has 1 N–H and O–H groups in total. The highest BCUT2D eigenvalue weighted by Gasteiger charge is 2.17. The molecule has 7 heteroatoms. The molecule has 0 aliphatic rings. The lowest BCUT2D eigenvalue weighted by Crippen LogP contribution is -2.31. The molecule has 23 heavy (non-hydrogen) atoms. The number of benzene rings is 1. The third-order valence-electron chi connectivity index (χ3n) is 3.10. The lowest BCUT2D eigenvalue weighted by molar-refractivity contribution is -0.119. The normalized spacial score (nSPS) is 11.8. The molecule has 0 saturated carbocycles. The second kappa shape index (κ2) is 7.28. The topological polar surface area (TPSA) is 73.2 Å². The third kappa shape index (κ3) is 4.56. The van der Waals surface area contributed by atoms with Crippen molar-refractivity contribution in [3.63, 3.8) is 0 Å². The first kappa shape index (κ1) is 17.0. The number of hydrogen-bond donors (Lipinski definition) is 1. The van der Waals surface area contributed by atoms with Gasteiger partial charge in [-0.2, -0.15) is 5.10 Å². The fraction of sp³-hybridized carbons (Fsp3) is 0.312. The predicted octanol–water partition coefficient (Wildman–Crippen LogP) is 2.52. The Morgan fingerprint density at radius 2 is 2.13 bits per heavy atom. The average molecular weight is 336 g/mol. The second-order valence-electron chi connectivity index (χ2n) is 5.22. The summed E-state index contributed by atoms with van der Waals surface area (Å²) in [6, 6.07) is 8.83. The molecule has 2 rings (SSSR count). The Bertz CT molecular complexity index is 727. The van der Waals surface area contributed by atoms with E-state index in [4.69, 9.17) is 16.3 Å². The van der Waals surface area contributed by atoms with Crippen LogP contribution in [0, 0.1) is 6.92 Å². The van der Waals surface area contributed by atoms with Crippen molar-refractivity contribution >= 4 is 23.5 Å². The van der Waals surface area contributed by atoms with Gasteiger partial charge < -0.3 is 10.1 Å². The lowest BCUT2D eigenvalue weighted by atomic mass is 10.3. The molecule has 1 atom stereocenters. The highest BCUT2D eigenvalue weighted by Crippen LogP contribution is 2.17. The molecule has 1 heterocycles. The van der Waals surface area contributed by atoms with Gasteiger partial charge in [0.1, 0.15) is 6.10 Å². The van der Waals surface area contributed by atoms with E-state index in [0.717, 1.165) is 11.4 Å². The first-order chi connectivity index (χ1) is 10.9. The van der Waals surface area contributed by atoms with Crippen molar-refractivity contribution in [2.24, 2.45) is 0 Å². The van der Waals surface area contributed by atoms with Crippen molar-refractivity contribution in [1.29, 1.82) is 0 Å². The SMILES string of the molecule is CC(=O)NC[C@H](C)OC(=O)c1cc(C)n(-c2cccc(Cl)c2)n1. The van der Waals surface area contributed by atoms with Crippen molar-refractivity contribution in [3.8, 4) is 5.69 Å². The minimum atomic E-state index is -0.535. The van der Waals surface area contributed by atoms with Crippen molar-refractivity contribution in [2.45, 2.75) is 26.9 Å². The maximum absolute atomic E-state index is 12.1. The number of amides is 1. The Balaban J connectivity index is 2.11. The molecule has 0 saturated heterocycles. The molecule has 0 bridgehead atoms. The highest BCUT2D eigenvalue weighted by molar-refractivity contribution is 6.30. The quantitative estimate of drug-likeness (QED) is 0.852. The predicted molar refractivity (Wildman–Crippen MR) is 86.9 cm³/mol. The average Bonchev–Trinajstić information content (AvgIpc) is 2.87. The third-order valence-corrected chi connectivity index (χ3v) is 3.33. The van der Waals surface area contributed by atoms with E-state index in [1.54, 1.807) is 29.8 Å². The number of esters is 1. The zero-order valence-electron chi connectivity index (χ0n) is 13.2. The monoisotopic (exact) mass is 335 g/mol. The summed E-state index contributed by atoms with van der Waals surface area (Å²) in [5, 5.41) is 7.45. The van der Waals surface area contributed by atoms with E-state index in [0.29, 0.717) is 5.02 Å². The van der Waals surface area contributed by atoms with Crippen LogP contribution >= 0.6 is 11.6 Å². The number of hydrogen-bond acceptors (Lipinski definition) is 4. The second-order valence-corrected chi connectivity index (χ2v) is 5.65. The largest absolute Gasteiger partial charge is 0.456 e. The fourth-order valence-corrected chi connectivity index (χ4v) is 2.20. The Morgan fingerprint density at radius 1 is 1.39 bits per heavy atom. The molecule has 0 radical (unpaired) electrons. The number of aromatic nitrogens is 2. The van der Waals surface area contributed by atoms with Crippen LogP contribution in [-0.2, 0) is 9.53 Å². The van der Waals surface area contributed by atoms with E-state index in [-0.39, 0.29) is 18.1 Å². The maximum Gasteiger partial charge on any atom is 0.359 e. The van der Waals surface area contributed by atoms with Gasteiger partial charge in [0, 0.05) is 17.6 Å². The van der Waals surface area contributed by atoms with Crippen molar-refractivity contribution < 1.29 is 14.3 Å². The number of aryl methyl sites for hydroxylation is 1. The Morgan fingerprint density at radius 3 is 2.78 bits per heavy atom. The zero-order valence-corrected chi connectivity index (χ0v) is 13.9. The number of halogens is 1. The van der Waals surface area contributed by atoms with Gasteiger partial charge in [-0.3, -0.25) is 4.79 Å². The lowest BCUT2D eigenvalue weighted by Gasteiger charge is -2.12. The molecule has 2 aromatic rings. The number of carbonyl (C=O) groups is 2. The van der Waals surface area contributed by atoms with Gasteiger partial charge in [0.05, 0.1) is 12.2 Å². The number of nitrogens with one attached hydrogen (secondary N) is 1. The van der Waals surface area contributed by atoms with Crippen LogP contribution in [0.15, 0.2) is 30.3 Å². The van der Waals surface area contributed by atoms with Crippen LogP contribution in [0.1, 0.15) is 30.0 Å². The van der Waals surface area contributed by atoms with E-state index in [1.165, 1.54) is 6.92 Å². The van der Waals surface area contributed by atoms with Gasteiger partial charge >= 0.3 is 5.97 Å². The van der Waals surface area contributed by atoms with Crippen LogP contribution in [-0.4, -0.2) is 34.3 Å². The maximum atomic E-state index is 12.1. The number of ether oxygens (including phenoxy) is 1. The van der Waals surface area contributed by atoms with Crippen molar-refractivity contribution in [1.82, 2.24) is 15.1 Å². The molecule has 6 nitrogen and oxygen atoms in total. The molecule has 0 unspecified atom stereocenters. The van der Waals surface area contributed by atoms with E-state index in [2.05, 4.69) is 10.4 Å². The minimum Gasteiger partial charge on any atom is -0.456 e. The summed E-state index contributed by atoms with van der Waals surface area (Å²) in [7, 11) is 0. The standard InChI is InChI=1S/C16H18ClN3O3/c1-10-7-15(16(22)23-11(2)9-18-12(3)21)19-20(10)14-6-4-5-13(17)8-14/h4-8,11H,9H2,1-3H3,(H,18,21)/t11-/m0/s1. The number of carbonyl (C=O) groups excluding carboxylic acids is 2. The first-order valence-corrected chi connectivity index (χ1v) is 7.52. The van der Waals surface area contributed by atoms with E-state index < -0.39 is 12.1 Å². The molecule has 1 amide bonds. The van der Waals surface area contributed by atoms with Crippen LogP contribution in [0.4, 0.5) is 0 Å². The van der Waals surface area contributed by atoms with Crippen LogP contribution in [0.25, 0.3) is 5.69 Å². The molecule has 1 aromatic heterocycles. The van der Waals surface area contributed by atoms with Gasteiger partial charge in [-0.05, 0) is 38.1 Å². The number of rotatable bonds is 5. The Kier molecular flexibility index (Phi) is 5.39. The Labute approximate surface area is 139 Å². The van der Waals surface area contributed by atoms with Crippen LogP contribution < -0.4 is 5.32 Å². The number of nitrogens with zero attached hydrogens (tertiary/aromatic N) is 2. The molecule has 0 spiro atoms. The highest BCUT2D eigenvalue weighted by atomic mass is 35.5. The molecular formula is C16H18ClN3O3. The van der Waals surface area contributed by atoms with Gasteiger partial charge in [-0.1, -0.05) is 17.7 Å². The summed E-state index contributed by atoms with van der Waals surface area (Å²) >= 11 is 5.98. The first-order valence-electron chi connectivity index (χ1n) is 7.15. The smallest absolute Gasteiger partial charge is 0.359 e. The summed E-state index contributed by atoms with van der Waals surface area (Å²) in [6.07, 6.45) is -0.442. The van der Waals surface area contributed by atoms with Crippen LogP contribution in [0.2, 0.25) is 5.02 Å². The van der Waals surface area contributed by atoms with Gasteiger partial charge in [0.15, 0.2) is 5.69 Å². The van der Waals surface area contributed by atoms with E-state index >= 15 is 0 Å². The van der Waals surface area contributed by atoms with Crippen molar-refractivity contribution in [3.05, 3.63) is 46.7 Å². The molecule has 0 fully saturated rings. The summed E-state index contributed by atoms with van der Waals surface area (Å²) < 4.78 is 6.89. The van der Waals surface area contributed by atoms with Crippen molar-refractivity contribution in [2.75, 3.05) is 6.54 Å². The van der Waals surface area contributed by atoms with Gasteiger partial charge in [-0.25, -0.2) is 9.48 Å². The van der Waals surface area contributed by atoms with Crippen LogP contribution in [0.3, 0.4) is 0 Å². The molecule has 1 aromatic carbocycles. The summed E-state index contributed by atoms with van der Waals surface area (Å²) in [5.74, 6) is -0.708. The van der Waals surface area contributed by atoms with Gasteiger partial charge in [-0.15, -0.1) is 0 Å². The molecule has 122 valence electrons.